The van der Waals surface area contributed by atoms with Crippen LogP contribution in [0.4, 0.5) is 0 Å². The first-order valence-electron chi connectivity index (χ1n) is 6.33. The van der Waals surface area contributed by atoms with Crippen molar-refractivity contribution >= 4 is 5.97 Å². The number of carbonyl (C=O) groups is 1. The molecule has 1 aromatic rings. The average Bonchev–Trinajstić information content (AvgIpc) is 2.80. The van der Waals surface area contributed by atoms with Crippen molar-refractivity contribution in [1.29, 1.82) is 0 Å². The molecule has 0 aliphatic heterocycles. The number of benzene rings is 1. The fraction of sp³-hybridized carbons (Fsp3) is 0.500. The Kier molecular flexibility index (Phi) is 4.20. The molecule has 4 heteroatoms. The molecular weight excluding hydrogens is 232 g/mol. The van der Waals surface area contributed by atoms with Gasteiger partial charge in [0.2, 0.25) is 0 Å². The number of rotatable bonds is 5. The molecule has 0 aromatic heterocycles. The Labute approximate surface area is 106 Å². The van der Waals surface area contributed by atoms with E-state index in [1.54, 1.807) is 6.07 Å². The Morgan fingerprint density at radius 1 is 1.44 bits per heavy atom. The van der Waals surface area contributed by atoms with Gasteiger partial charge in [-0.2, -0.15) is 0 Å². The molecule has 0 bridgehead atoms. The normalized spacial score (nSPS) is 17.3. The van der Waals surface area contributed by atoms with Gasteiger partial charge in [-0.25, -0.2) is 4.79 Å². The van der Waals surface area contributed by atoms with Crippen LogP contribution in [-0.2, 0) is 22.5 Å². The lowest BCUT2D eigenvalue weighted by Crippen LogP contribution is -2.08. The molecule has 0 fully saturated rings. The van der Waals surface area contributed by atoms with Gasteiger partial charge in [0.15, 0.2) is 5.75 Å². The number of carbonyl (C=O) groups excluding carboxylic acids is 1. The van der Waals surface area contributed by atoms with Gasteiger partial charge in [0.1, 0.15) is 0 Å². The summed E-state index contributed by atoms with van der Waals surface area (Å²) in [5.41, 5.74) is 2.21. The molecule has 0 amide bonds. The van der Waals surface area contributed by atoms with Crippen LogP contribution >= 0.6 is 0 Å². The highest BCUT2D eigenvalue weighted by Crippen LogP contribution is 2.33. The molecule has 4 nitrogen and oxygen atoms in total. The van der Waals surface area contributed by atoms with E-state index in [-0.39, 0.29) is 18.5 Å². The second-order valence-electron chi connectivity index (χ2n) is 4.64. The minimum absolute atomic E-state index is 0.170. The summed E-state index contributed by atoms with van der Waals surface area (Å²) >= 11 is 0. The summed E-state index contributed by atoms with van der Waals surface area (Å²) in [6.07, 6.45) is 2.72. The van der Waals surface area contributed by atoms with Crippen LogP contribution in [0.5, 0.6) is 5.75 Å². The van der Waals surface area contributed by atoms with Gasteiger partial charge in [-0.1, -0.05) is 19.1 Å². The Morgan fingerprint density at radius 3 is 3.00 bits per heavy atom. The van der Waals surface area contributed by atoms with Gasteiger partial charge in [-0.15, -0.1) is 0 Å². The molecule has 0 radical (unpaired) electrons. The van der Waals surface area contributed by atoms with Crippen LogP contribution in [0.15, 0.2) is 18.2 Å². The van der Waals surface area contributed by atoms with E-state index in [4.69, 9.17) is 9.78 Å². The monoisotopic (exact) mass is 250 g/mol. The molecular formula is C14H18O4. The number of aliphatic hydroxyl groups is 1. The molecule has 1 aromatic carbocycles. The fourth-order valence-corrected chi connectivity index (χ4v) is 2.25. The molecule has 2 rings (SSSR count). The van der Waals surface area contributed by atoms with E-state index in [2.05, 4.69) is 0 Å². The Morgan fingerprint density at radius 2 is 2.28 bits per heavy atom. The van der Waals surface area contributed by atoms with Crippen LogP contribution in [0.2, 0.25) is 0 Å². The molecule has 1 aliphatic carbocycles. The third-order valence-corrected chi connectivity index (χ3v) is 3.17. The van der Waals surface area contributed by atoms with Gasteiger partial charge >= 0.3 is 5.97 Å². The van der Waals surface area contributed by atoms with Crippen molar-refractivity contribution in [3.05, 3.63) is 29.3 Å². The molecule has 1 atom stereocenters. The van der Waals surface area contributed by atoms with E-state index in [1.165, 1.54) is 0 Å². The smallest absolute Gasteiger partial charge is 0.355 e. The summed E-state index contributed by atoms with van der Waals surface area (Å²) in [4.78, 5) is 21.1. The second-order valence-corrected chi connectivity index (χ2v) is 4.64. The first-order valence-corrected chi connectivity index (χ1v) is 6.33. The number of hydrogen-bond donors (Lipinski definition) is 1. The summed E-state index contributed by atoms with van der Waals surface area (Å²) in [6.45, 7) is 2.08. The Bertz CT molecular complexity index is 428. The summed E-state index contributed by atoms with van der Waals surface area (Å²) in [6, 6.07) is 5.69. The van der Waals surface area contributed by atoms with Crippen molar-refractivity contribution in [3.63, 3.8) is 0 Å². The van der Waals surface area contributed by atoms with Gasteiger partial charge in [-0.3, -0.25) is 9.78 Å². The van der Waals surface area contributed by atoms with Gasteiger partial charge in [0.05, 0.1) is 0 Å². The van der Waals surface area contributed by atoms with E-state index in [0.29, 0.717) is 12.2 Å². The first kappa shape index (κ1) is 12.9. The van der Waals surface area contributed by atoms with Gasteiger partial charge in [0.25, 0.3) is 0 Å². The molecule has 0 saturated carbocycles. The zero-order valence-electron chi connectivity index (χ0n) is 10.5. The predicted molar refractivity (Wildman–Crippen MR) is 66.1 cm³/mol. The Balaban J connectivity index is 2.03. The first-order chi connectivity index (χ1) is 8.74. The quantitative estimate of drug-likeness (QED) is 0.641. The lowest BCUT2D eigenvalue weighted by atomic mass is 10.1. The molecule has 18 heavy (non-hydrogen) atoms. The van der Waals surface area contributed by atoms with Crippen molar-refractivity contribution in [2.75, 3.05) is 6.61 Å². The topological polar surface area (TPSA) is 55.8 Å². The van der Waals surface area contributed by atoms with Crippen LogP contribution in [0.25, 0.3) is 0 Å². The molecule has 0 heterocycles. The standard InChI is InChI=1S/C14H18O4/c1-2-4-14(16)18-17-13-6-3-5-11-7-10(9-15)8-12(11)13/h3,5-6,10,15H,2,4,7-9H2,1H3. The van der Waals surface area contributed by atoms with Crippen molar-refractivity contribution in [1.82, 2.24) is 0 Å². The van der Waals surface area contributed by atoms with E-state index >= 15 is 0 Å². The highest BCUT2D eigenvalue weighted by Gasteiger charge is 2.24. The largest absolute Gasteiger partial charge is 0.396 e. The second kappa shape index (κ2) is 5.87. The maximum Gasteiger partial charge on any atom is 0.355 e. The molecule has 0 saturated heterocycles. The maximum absolute atomic E-state index is 11.2. The molecule has 1 unspecified atom stereocenters. The summed E-state index contributed by atoms with van der Waals surface area (Å²) in [5.74, 6) is 0.482. The van der Waals surface area contributed by atoms with Crippen molar-refractivity contribution in [3.8, 4) is 5.75 Å². The number of hydrogen-bond acceptors (Lipinski definition) is 4. The molecule has 1 N–H and O–H groups in total. The number of fused-ring (bicyclic) bond motifs is 1. The average molecular weight is 250 g/mol. The van der Waals surface area contributed by atoms with Gasteiger partial charge < -0.3 is 5.11 Å². The van der Waals surface area contributed by atoms with Crippen molar-refractivity contribution in [2.45, 2.75) is 32.6 Å². The van der Waals surface area contributed by atoms with Crippen LogP contribution in [0.3, 0.4) is 0 Å². The van der Waals surface area contributed by atoms with E-state index in [1.807, 2.05) is 19.1 Å². The fourth-order valence-electron chi connectivity index (χ4n) is 2.25. The van der Waals surface area contributed by atoms with E-state index < -0.39 is 0 Å². The zero-order valence-corrected chi connectivity index (χ0v) is 10.5. The van der Waals surface area contributed by atoms with Gasteiger partial charge in [0, 0.05) is 18.6 Å². The predicted octanol–water partition coefficient (Wildman–Crippen LogP) is 2.03. The van der Waals surface area contributed by atoms with Crippen molar-refractivity contribution < 1.29 is 19.7 Å². The summed E-state index contributed by atoms with van der Waals surface area (Å²) < 4.78 is 0. The lowest BCUT2D eigenvalue weighted by Gasteiger charge is -2.08. The van der Waals surface area contributed by atoms with Gasteiger partial charge in [-0.05, 0) is 36.8 Å². The van der Waals surface area contributed by atoms with E-state index in [0.717, 1.165) is 30.4 Å². The molecule has 1 aliphatic rings. The minimum atomic E-state index is -0.355. The molecule has 98 valence electrons. The third kappa shape index (κ3) is 2.82. The van der Waals surface area contributed by atoms with Crippen LogP contribution < -0.4 is 4.89 Å². The van der Waals surface area contributed by atoms with Crippen LogP contribution in [0, 0.1) is 5.92 Å². The summed E-state index contributed by atoms with van der Waals surface area (Å²) in [7, 11) is 0. The lowest BCUT2D eigenvalue weighted by molar-refractivity contribution is -0.214. The highest BCUT2D eigenvalue weighted by atomic mass is 17.2. The molecule has 0 spiro atoms. The van der Waals surface area contributed by atoms with Crippen molar-refractivity contribution in [2.24, 2.45) is 5.92 Å². The third-order valence-electron chi connectivity index (χ3n) is 3.17. The highest BCUT2D eigenvalue weighted by molar-refractivity contribution is 5.68. The SMILES string of the molecule is CCCC(=O)OOc1cccc2c1CC(CO)C2. The minimum Gasteiger partial charge on any atom is -0.396 e. The summed E-state index contributed by atoms with van der Waals surface area (Å²) in [5, 5.41) is 9.19. The van der Waals surface area contributed by atoms with Crippen LogP contribution in [-0.4, -0.2) is 17.7 Å². The Hall–Kier alpha value is -1.55. The maximum atomic E-state index is 11.2. The number of aliphatic hydroxyl groups excluding tert-OH is 1. The zero-order chi connectivity index (χ0) is 13.0. The van der Waals surface area contributed by atoms with Crippen LogP contribution in [0.1, 0.15) is 30.9 Å². The van der Waals surface area contributed by atoms with E-state index in [9.17, 15) is 9.90 Å².